The Morgan fingerprint density at radius 3 is 2.46 bits per heavy atom. The van der Waals surface area contributed by atoms with E-state index in [1.165, 1.54) is 4.43 Å². The van der Waals surface area contributed by atoms with E-state index < -0.39 is 0 Å². The summed E-state index contributed by atoms with van der Waals surface area (Å²) in [5.74, 6) is 0. The summed E-state index contributed by atoms with van der Waals surface area (Å²) in [7, 11) is 0. The Balaban J connectivity index is 0. The van der Waals surface area contributed by atoms with Crippen LogP contribution >= 0.6 is 22.6 Å². The summed E-state index contributed by atoms with van der Waals surface area (Å²) >= 11 is 2.36. The molecule has 0 aromatic carbocycles. The summed E-state index contributed by atoms with van der Waals surface area (Å²) in [6.45, 7) is 3.88. The van der Waals surface area contributed by atoms with Crippen molar-refractivity contribution in [1.29, 1.82) is 0 Å². The monoisotopic (exact) mass is 308 g/mol. The Morgan fingerprint density at radius 2 is 1.85 bits per heavy atom. The van der Waals surface area contributed by atoms with Gasteiger partial charge in [-0.25, -0.2) is 0 Å². The van der Waals surface area contributed by atoms with E-state index in [0.29, 0.717) is 6.79 Å². The van der Waals surface area contributed by atoms with Crippen LogP contribution in [0.15, 0.2) is 12.2 Å². The molecule has 0 aliphatic rings. The lowest BCUT2D eigenvalue weighted by Gasteiger charge is -2.00. The first-order valence-electron chi connectivity index (χ1n) is 4.28. The average Bonchev–Trinajstić information content (AvgIpc) is 2.10. The summed E-state index contributed by atoms with van der Waals surface area (Å²) in [6.07, 6.45) is 6.50. The fraction of sp³-hybridized carbons (Fsp3) is 0.778. The molecule has 74 valence electrons. The van der Waals surface area contributed by atoms with Crippen LogP contribution in [0.4, 0.5) is 0 Å². The van der Waals surface area contributed by atoms with Crippen LogP contribution in [0.2, 0.25) is 0 Å². The Kier molecular flexibility index (Phi) is 19.9. The van der Waals surface area contributed by atoms with Gasteiger partial charge in [0.25, 0.3) is 0 Å². The van der Waals surface area contributed by atoms with Crippen molar-refractivity contribution in [2.75, 3.05) is 24.4 Å². The van der Waals surface area contributed by atoms with Gasteiger partial charge in [-0.3, -0.25) is 0 Å². The summed E-state index contributed by atoms with van der Waals surface area (Å²) in [5.41, 5.74) is 0. The van der Waals surface area contributed by atoms with E-state index in [0.717, 1.165) is 26.1 Å². The van der Waals surface area contributed by atoms with Gasteiger partial charge in [0.2, 0.25) is 0 Å². The van der Waals surface area contributed by atoms with Gasteiger partial charge in [-0.2, -0.15) is 0 Å². The molecule has 4 heteroatoms. The molecule has 0 aliphatic carbocycles. The van der Waals surface area contributed by atoms with Crippen molar-refractivity contribution in [2.24, 2.45) is 0 Å². The average molecular weight is 308 g/mol. The molecule has 2 nitrogen and oxygen atoms in total. The zero-order valence-electron chi connectivity index (χ0n) is 8.30. The quantitative estimate of drug-likeness (QED) is 0.171. The molecule has 13 heavy (non-hydrogen) atoms. The highest BCUT2D eigenvalue weighted by atomic mass is 127. The van der Waals surface area contributed by atoms with E-state index >= 15 is 0 Å². The first-order chi connectivity index (χ1) is 5.91. The number of alkyl halides is 1. The van der Waals surface area contributed by atoms with Gasteiger partial charge in [-0.15, -0.1) is 0 Å². The number of hydrogen-bond acceptors (Lipinski definition) is 2. The molecule has 0 aliphatic heterocycles. The maximum Gasteiger partial charge on any atom is 0.146 e. The molecule has 0 aromatic rings. The lowest BCUT2D eigenvalue weighted by molar-refractivity contribution is -0.0476. The zero-order valence-corrected chi connectivity index (χ0v) is 11.9. The standard InChI is InChI=1S/C9H17IO2.Mg/c1-2-11-9-12-8-6-4-3-5-7-10;/h3-4H,2,5-9H2,1H3;/b4-3-;. The fourth-order valence-corrected chi connectivity index (χ4v) is 1.01. The molecule has 0 amide bonds. The SMILES string of the molecule is CCOCOCC/C=C\CCI.[Mg]. The normalized spacial score (nSPS) is 10.3. The summed E-state index contributed by atoms with van der Waals surface area (Å²) in [5, 5.41) is 0. The van der Waals surface area contributed by atoms with Crippen LogP contribution in [0.1, 0.15) is 19.8 Å². The van der Waals surface area contributed by atoms with Crippen LogP contribution in [0, 0.1) is 0 Å². The molecule has 0 saturated heterocycles. The van der Waals surface area contributed by atoms with E-state index in [9.17, 15) is 0 Å². The summed E-state index contributed by atoms with van der Waals surface area (Å²) in [4.78, 5) is 0. The molecule has 0 N–H and O–H groups in total. The van der Waals surface area contributed by atoms with E-state index in [-0.39, 0.29) is 23.1 Å². The van der Waals surface area contributed by atoms with Crippen molar-refractivity contribution >= 4 is 45.6 Å². The van der Waals surface area contributed by atoms with E-state index in [1.807, 2.05) is 6.92 Å². The molecule has 0 spiro atoms. The highest BCUT2D eigenvalue weighted by molar-refractivity contribution is 14.1. The van der Waals surface area contributed by atoms with Crippen LogP contribution in [0.3, 0.4) is 0 Å². The first-order valence-corrected chi connectivity index (χ1v) is 5.80. The zero-order chi connectivity index (χ0) is 9.07. The minimum Gasteiger partial charge on any atom is -0.356 e. The Hall–Kier alpha value is 1.16. The number of rotatable bonds is 8. The maximum absolute atomic E-state index is 5.18. The molecule has 0 aromatic heterocycles. The summed E-state index contributed by atoms with van der Waals surface area (Å²) < 4.78 is 11.4. The van der Waals surface area contributed by atoms with Crippen LogP contribution in [0.25, 0.3) is 0 Å². The van der Waals surface area contributed by atoms with Gasteiger partial charge in [-0.1, -0.05) is 34.7 Å². The van der Waals surface area contributed by atoms with E-state index in [1.54, 1.807) is 0 Å². The van der Waals surface area contributed by atoms with Gasteiger partial charge in [0.15, 0.2) is 0 Å². The van der Waals surface area contributed by atoms with Crippen LogP contribution in [-0.2, 0) is 9.47 Å². The van der Waals surface area contributed by atoms with Gasteiger partial charge in [0, 0.05) is 34.1 Å². The highest BCUT2D eigenvalue weighted by Crippen LogP contribution is 1.92. The second kappa shape index (κ2) is 15.6. The smallest absolute Gasteiger partial charge is 0.146 e. The highest BCUT2D eigenvalue weighted by Gasteiger charge is 1.83. The van der Waals surface area contributed by atoms with Crippen molar-refractivity contribution in [3.63, 3.8) is 0 Å². The molecule has 0 heterocycles. The molecule has 0 bridgehead atoms. The third kappa shape index (κ3) is 15.9. The molecular formula is C9H17IMgO2. The van der Waals surface area contributed by atoms with Crippen LogP contribution in [-0.4, -0.2) is 47.5 Å². The molecule has 0 fully saturated rings. The van der Waals surface area contributed by atoms with Gasteiger partial charge in [0.1, 0.15) is 6.79 Å². The maximum atomic E-state index is 5.18. The molecular weight excluding hydrogens is 291 g/mol. The predicted octanol–water partition coefficient (Wildman–Crippen LogP) is 2.39. The number of allylic oxidation sites excluding steroid dienone is 1. The Bertz CT molecular complexity index is 110. The molecule has 2 radical (unpaired) electrons. The fourth-order valence-electron chi connectivity index (χ4n) is 0.651. The Labute approximate surface area is 111 Å². The van der Waals surface area contributed by atoms with Crippen molar-refractivity contribution in [3.05, 3.63) is 12.2 Å². The first kappa shape index (κ1) is 16.6. The van der Waals surface area contributed by atoms with Gasteiger partial charge in [0.05, 0.1) is 6.61 Å². The Morgan fingerprint density at radius 1 is 1.15 bits per heavy atom. The van der Waals surface area contributed by atoms with Gasteiger partial charge < -0.3 is 9.47 Å². The van der Waals surface area contributed by atoms with Crippen LogP contribution in [0.5, 0.6) is 0 Å². The third-order valence-electron chi connectivity index (χ3n) is 1.24. The molecule has 0 atom stereocenters. The van der Waals surface area contributed by atoms with Crippen molar-refractivity contribution in [3.8, 4) is 0 Å². The molecule has 0 unspecified atom stereocenters. The van der Waals surface area contributed by atoms with Crippen LogP contribution < -0.4 is 0 Å². The van der Waals surface area contributed by atoms with Crippen molar-refractivity contribution < 1.29 is 9.47 Å². The number of ether oxygens (including phenoxy) is 2. The second-order valence-electron chi connectivity index (χ2n) is 2.26. The lowest BCUT2D eigenvalue weighted by atomic mass is 10.3. The minimum atomic E-state index is 0. The largest absolute Gasteiger partial charge is 0.356 e. The van der Waals surface area contributed by atoms with Gasteiger partial charge in [-0.05, 0) is 19.8 Å². The molecule has 0 rings (SSSR count). The number of halogens is 1. The second-order valence-corrected chi connectivity index (χ2v) is 3.34. The topological polar surface area (TPSA) is 18.5 Å². The predicted molar refractivity (Wildman–Crippen MR) is 65.5 cm³/mol. The lowest BCUT2D eigenvalue weighted by Crippen LogP contribution is -1.99. The van der Waals surface area contributed by atoms with E-state index in [2.05, 4.69) is 34.7 Å². The summed E-state index contributed by atoms with van der Waals surface area (Å²) in [6, 6.07) is 0. The van der Waals surface area contributed by atoms with Crippen molar-refractivity contribution in [2.45, 2.75) is 19.8 Å². The van der Waals surface area contributed by atoms with Gasteiger partial charge >= 0.3 is 0 Å². The number of hydrogen-bond donors (Lipinski definition) is 0. The van der Waals surface area contributed by atoms with Crippen molar-refractivity contribution in [1.82, 2.24) is 0 Å². The third-order valence-corrected chi connectivity index (χ3v) is 1.86. The molecule has 0 saturated carbocycles. The minimum absolute atomic E-state index is 0. The van der Waals surface area contributed by atoms with E-state index in [4.69, 9.17) is 9.47 Å².